The minimum atomic E-state index is -0.885. The second-order valence-corrected chi connectivity index (χ2v) is 8.49. The highest BCUT2D eigenvalue weighted by molar-refractivity contribution is 6.42. The lowest BCUT2D eigenvalue weighted by atomic mass is 10.1. The number of nitrogens with two attached hydrogens (primary N) is 2. The van der Waals surface area contributed by atoms with E-state index in [0.29, 0.717) is 33.4 Å². The van der Waals surface area contributed by atoms with Gasteiger partial charge in [-0.25, -0.2) is 9.97 Å². The summed E-state index contributed by atoms with van der Waals surface area (Å²) in [6, 6.07) is 11.3. The Labute approximate surface area is 210 Å². The zero-order valence-corrected chi connectivity index (χ0v) is 20.1. The van der Waals surface area contributed by atoms with Gasteiger partial charge in [-0.2, -0.15) is 4.98 Å². The van der Waals surface area contributed by atoms with Crippen LogP contribution in [-0.2, 0) is 13.1 Å². The van der Waals surface area contributed by atoms with Crippen molar-refractivity contribution in [2.45, 2.75) is 19.1 Å². The van der Waals surface area contributed by atoms with Gasteiger partial charge in [-0.1, -0.05) is 29.3 Å². The van der Waals surface area contributed by atoms with Crippen LogP contribution >= 0.6 is 23.2 Å². The maximum atomic E-state index is 13.5. The fourth-order valence-electron chi connectivity index (χ4n) is 3.35. The van der Waals surface area contributed by atoms with Crippen LogP contribution in [0.5, 0.6) is 5.75 Å². The van der Waals surface area contributed by atoms with Crippen molar-refractivity contribution in [2.75, 3.05) is 12.4 Å². The van der Waals surface area contributed by atoms with Gasteiger partial charge in [0.25, 0.3) is 5.56 Å². The van der Waals surface area contributed by atoms with Crippen molar-refractivity contribution in [2.24, 2.45) is 11.5 Å². The van der Waals surface area contributed by atoms with Crippen molar-refractivity contribution in [1.82, 2.24) is 19.5 Å². The third-order valence-corrected chi connectivity index (χ3v) is 6.00. The van der Waals surface area contributed by atoms with Crippen LogP contribution in [0.15, 0.2) is 53.5 Å². The maximum absolute atomic E-state index is 13.5. The number of nitrogens with zero attached hydrogens (tertiary/aromatic N) is 4. The number of methoxy groups -OCH3 is 1. The topological polar surface area (TPSA) is 158 Å². The molecule has 0 aliphatic carbocycles. The lowest BCUT2D eigenvalue weighted by Crippen LogP contribution is -2.42. The van der Waals surface area contributed by atoms with E-state index in [2.05, 4.69) is 20.3 Å². The van der Waals surface area contributed by atoms with Crippen molar-refractivity contribution in [3.63, 3.8) is 0 Å². The molecule has 10 nitrogen and oxygen atoms in total. The summed E-state index contributed by atoms with van der Waals surface area (Å²) in [5.41, 5.74) is 13.4. The highest BCUT2D eigenvalue weighted by atomic mass is 35.5. The lowest BCUT2D eigenvalue weighted by molar-refractivity contribution is 0.415. The summed E-state index contributed by atoms with van der Waals surface area (Å²) in [7, 11) is 1.56. The van der Waals surface area contributed by atoms with Crippen LogP contribution in [0.4, 0.5) is 5.95 Å². The minimum absolute atomic E-state index is 0.0560. The second-order valence-electron chi connectivity index (χ2n) is 7.67. The Balaban J connectivity index is 1.76. The number of rotatable bonds is 8. The molecule has 4 aromatic rings. The first-order valence-electron chi connectivity index (χ1n) is 10.5. The molecule has 2 aromatic carbocycles. The molecule has 0 amide bonds. The molecule has 0 aliphatic heterocycles. The molecule has 4 rings (SSSR count). The predicted molar refractivity (Wildman–Crippen MR) is 137 cm³/mol. The molecule has 6 N–H and O–H groups in total. The van der Waals surface area contributed by atoms with E-state index < -0.39 is 11.6 Å². The summed E-state index contributed by atoms with van der Waals surface area (Å²) >= 11 is 12.1. The van der Waals surface area contributed by atoms with Crippen molar-refractivity contribution >= 4 is 46.1 Å². The molecule has 0 saturated carbocycles. The highest BCUT2D eigenvalue weighted by Crippen LogP contribution is 2.23. The standard InChI is InChI=1S/C23H22Cl2N8O2/c1-35-14-5-3-13(4-6-14)19-22(34)33(11-17(26)20(27)28)21-18(31-19)10-30-23(32-21)29-9-12-2-7-15(24)16(25)8-12/h2-8,10,17H,9,11,26H2,1H3,(H3,27,28)(H,29,30,32). The third-order valence-electron chi connectivity index (χ3n) is 5.26. The fourth-order valence-corrected chi connectivity index (χ4v) is 3.67. The van der Waals surface area contributed by atoms with E-state index in [1.54, 1.807) is 43.5 Å². The van der Waals surface area contributed by atoms with Crippen LogP contribution in [-0.4, -0.2) is 38.5 Å². The van der Waals surface area contributed by atoms with Gasteiger partial charge in [-0.05, 0) is 42.0 Å². The van der Waals surface area contributed by atoms with E-state index in [9.17, 15) is 4.79 Å². The van der Waals surface area contributed by atoms with Crippen LogP contribution in [0.3, 0.4) is 0 Å². The van der Waals surface area contributed by atoms with Gasteiger partial charge in [0.2, 0.25) is 5.95 Å². The van der Waals surface area contributed by atoms with Gasteiger partial charge in [0.1, 0.15) is 22.8 Å². The Kier molecular flexibility index (Phi) is 7.15. The summed E-state index contributed by atoms with van der Waals surface area (Å²) in [6.07, 6.45) is 1.52. The average Bonchev–Trinajstić information content (AvgIpc) is 2.86. The van der Waals surface area contributed by atoms with Crippen LogP contribution in [0, 0.1) is 5.41 Å². The van der Waals surface area contributed by atoms with Gasteiger partial charge in [0.15, 0.2) is 5.65 Å². The second kappa shape index (κ2) is 10.3. The largest absolute Gasteiger partial charge is 0.497 e. The van der Waals surface area contributed by atoms with E-state index >= 15 is 0 Å². The molecule has 0 fully saturated rings. The lowest BCUT2D eigenvalue weighted by Gasteiger charge is -2.16. The summed E-state index contributed by atoms with van der Waals surface area (Å²) in [6.45, 7) is 0.316. The van der Waals surface area contributed by atoms with Gasteiger partial charge < -0.3 is 21.5 Å². The third kappa shape index (κ3) is 5.35. The molecule has 1 unspecified atom stereocenters. The smallest absolute Gasteiger partial charge is 0.278 e. The molecular formula is C23H22Cl2N8O2. The first-order valence-corrected chi connectivity index (χ1v) is 11.2. The number of nitrogens with one attached hydrogen (secondary N) is 2. The Bertz CT molecular complexity index is 1460. The maximum Gasteiger partial charge on any atom is 0.278 e. The van der Waals surface area contributed by atoms with Gasteiger partial charge in [0, 0.05) is 12.1 Å². The molecule has 2 aromatic heterocycles. The van der Waals surface area contributed by atoms with Crippen LogP contribution in [0.2, 0.25) is 10.0 Å². The molecule has 0 saturated heterocycles. The molecule has 2 heterocycles. The Morgan fingerprint density at radius 3 is 2.57 bits per heavy atom. The molecule has 35 heavy (non-hydrogen) atoms. The van der Waals surface area contributed by atoms with Gasteiger partial charge in [-0.3, -0.25) is 14.8 Å². The Hall–Kier alpha value is -3.73. The molecule has 1 atom stereocenters. The normalized spacial score (nSPS) is 11.9. The summed E-state index contributed by atoms with van der Waals surface area (Å²) < 4.78 is 6.55. The molecule has 0 aliphatic rings. The van der Waals surface area contributed by atoms with Gasteiger partial charge in [0.05, 0.1) is 35.9 Å². The molecule has 12 heteroatoms. The predicted octanol–water partition coefficient (Wildman–Crippen LogP) is 3.04. The number of anilines is 1. The number of hydrogen-bond acceptors (Lipinski definition) is 8. The Morgan fingerprint density at radius 1 is 1.17 bits per heavy atom. The highest BCUT2D eigenvalue weighted by Gasteiger charge is 2.18. The van der Waals surface area contributed by atoms with E-state index in [1.165, 1.54) is 10.8 Å². The van der Waals surface area contributed by atoms with Gasteiger partial charge >= 0.3 is 0 Å². The molecule has 0 bridgehead atoms. The number of fused-ring (bicyclic) bond motifs is 1. The first kappa shape index (κ1) is 24.4. The molecule has 180 valence electrons. The van der Waals surface area contributed by atoms with Crippen molar-refractivity contribution in [1.29, 1.82) is 5.41 Å². The number of ether oxygens (including phenoxy) is 1. The SMILES string of the molecule is COc1ccc(-c2nc3cnc(NCc4ccc(Cl)c(Cl)c4)nc3n(CC(N)C(=N)N)c2=O)cc1. The van der Waals surface area contributed by atoms with E-state index in [-0.39, 0.29) is 29.7 Å². The van der Waals surface area contributed by atoms with Crippen molar-refractivity contribution in [3.8, 4) is 17.0 Å². The quantitative estimate of drug-likeness (QED) is 0.207. The number of benzene rings is 2. The van der Waals surface area contributed by atoms with Crippen molar-refractivity contribution < 1.29 is 4.74 Å². The molecular weight excluding hydrogens is 491 g/mol. The average molecular weight is 513 g/mol. The molecule has 0 spiro atoms. The summed E-state index contributed by atoms with van der Waals surface area (Å²) in [5, 5.41) is 11.7. The zero-order chi connectivity index (χ0) is 25.1. The number of halogens is 2. The zero-order valence-electron chi connectivity index (χ0n) is 18.6. The number of hydrogen-bond donors (Lipinski definition) is 4. The van der Waals surface area contributed by atoms with E-state index in [4.69, 9.17) is 44.8 Å². The fraction of sp³-hybridized carbons (Fsp3) is 0.174. The Morgan fingerprint density at radius 2 is 1.91 bits per heavy atom. The van der Waals surface area contributed by atoms with Crippen LogP contribution in [0.25, 0.3) is 22.4 Å². The number of amidine groups is 1. The van der Waals surface area contributed by atoms with Gasteiger partial charge in [-0.15, -0.1) is 0 Å². The minimum Gasteiger partial charge on any atom is -0.497 e. The van der Waals surface area contributed by atoms with E-state index in [0.717, 1.165) is 5.56 Å². The van der Waals surface area contributed by atoms with Crippen LogP contribution in [0.1, 0.15) is 5.56 Å². The van der Waals surface area contributed by atoms with Crippen molar-refractivity contribution in [3.05, 3.63) is 74.6 Å². The molecule has 0 radical (unpaired) electrons. The summed E-state index contributed by atoms with van der Waals surface area (Å²) in [4.78, 5) is 26.8. The van der Waals surface area contributed by atoms with E-state index in [1.807, 2.05) is 6.07 Å². The first-order chi connectivity index (χ1) is 16.8. The van der Waals surface area contributed by atoms with Crippen LogP contribution < -0.4 is 27.1 Å². The monoisotopic (exact) mass is 512 g/mol. The number of aromatic nitrogens is 4. The summed E-state index contributed by atoms with van der Waals surface area (Å²) in [5.74, 6) is 0.668.